The minimum absolute atomic E-state index is 0.407. The normalized spacial score (nSPS) is 12.8. The van der Waals surface area contributed by atoms with E-state index in [0.717, 1.165) is 16.7 Å². The van der Waals surface area contributed by atoms with Crippen molar-refractivity contribution < 1.29 is 9.53 Å². The quantitative estimate of drug-likeness (QED) is 0.874. The van der Waals surface area contributed by atoms with Crippen molar-refractivity contribution in [1.29, 1.82) is 0 Å². The summed E-state index contributed by atoms with van der Waals surface area (Å²) in [6.45, 7) is 5.49. The van der Waals surface area contributed by atoms with Crippen molar-refractivity contribution in [3.63, 3.8) is 0 Å². The molecule has 2 N–H and O–H groups in total. The molecule has 0 aliphatic rings. The van der Waals surface area contributed by atoms with Crippen LogP contribution in [0.1, 0.15) is 32.4 Å². The predicted molar refractivity (Wildman–Crippen MR) is 84.7 cm³/mol. The summed E-state index contributed by atoms with van der Waals surface area (Å²) in [6, 6.07) is 17.0. The largest absolute Gasteiger partial charge is 0.459 e. The SMILES string of the molecule is CC(C)(C)OC(=O)C(N)c1ccc(-c2ccccc2)cc1. The van der Waals surface area contributed by atoms with Crippen molar-refractivity contribution in [3.8, 4) is 11.1 Å². The molecular formula is C18H21NO2. The fraction of sp³-hybridized carbons (Fsp3) is 0.278. The molecule has 0 bridgehead atoms. The summed E-state index contributed by atoms with van der Waals surface area (Å²) in [4.78, 5) is 12.0. The van der Waals surface area contributed by atoms with Gasteiger partial charge in [-0.25, -0.2) is 4.79 Å². The number of benzene rings is 2. The molecule has 0 radical (unpaired) electrons. The van der Waals surface area contributed by atoms with Crippen LogP contribution in [-0.4, -0.2) is 11.6 Å². The van der Waals surface area contributed by atoms with Crippen LogP contribution in [0.4, 0.5) is 0 Å². The summed E-state index contributed by atoms with van der Waals surface area (Å²) in [6.07, 6.45) is 0. The second kappa shape index (κ2) is 6.10. The summed E-state index contributed by atoms with van der Waals surface area (Å²) in [7, 11) is 0. The number of hydrogen-bond donors (Lipinski definition) is 1. The van der Waals surface area contributed by atoms with E-state index in [-0.39, 0.29) is 0 Å². The Kier molecular flexibility index (Phi) is 4.43. The molecule has 1 atom stereocenters. The number of esters is 1. The molecule has 0 aromatic heterocycles. The summed E-state index contributed by atoms with van der Waals surface area (Å²) in [5, 5.41) is 0. The maximum atomic E-state index is 12.0. The first kappa shape index (κ1) is 15.3. The van der Waals surface area contributed by atoms with Crippen LogP contribution >= 0.6 is 0 Å². The van der Waals surface area contributed by atoms with E-state index in [2.05, 4.69) is 0 Å². The van der Waals surface area contributed by atoms with E-state index in [1.807, 2.05) is 75.4 Å². The van der Waals surface area contributed by atoms with Crippen LogP contribution in [0.3, 0.4) is 0 Å². The second-order valence-electron chi connectivity index (χ2n) is 6.00. The fourth-order valence-electron chi connectivity index (χ4n) is 2.01. The van der Waals surface area contributed by atoms with Gasteiger partial charge >= 0.3 is 5.97 Å². The highest BCUT2D eigenvalue weighted by Crippen LogP contribution is 2.22. The van der Waals surface area contributed by atoms with Crippen LogP contribution in [0.5, 0.6) is 0 Å². The zero-order valence-electron chi connectivity index (χ0n) is 12.7. The van der Waals surface area contributed by atoms with E-state index < -0.39 is 17.6 Å². The average Bonchev–Trinajstić information content (AvgIpc) is 2.46. The number of hydrogen-bond acceptors (Lipinski definition) is 3. The van der Waals surface area contributed by atoms with Crippen LogP contribution in [0.2, 0.25) is 0 Å². The molecule has 2 aromatic carbocycles. The molecule has 2 rings (SSSR count). The lowest BCUT2D eigenvalue weighted by Gasteiger charge is -2.22. The Bertz CT molecular complexity index is 597. The number of carbonyl (C=O) groups excluding carboxylic acids is 1. The zero-order chi connectivity index (χ0) is 15.5. The van der Waals surface area contributed by atoms with Gasteiger partial charge in [-0.1, -0.05) is 54.6 Å². The van der Waals surface area contributed by atoms with Gasteiger partial charge in [0.25, 0.3) is 0 Å². The lowest BCUT2D eigenvalue weighted by molar-refractivity contribution is -0.156. The molecule has 0 saturated carbocycles. The monoisotopic (exact) mass is 283 g/mol. The Morgan fingerprint density at radius 1 is 0.952 bits per heavy atom. The van der Waals surface area contributed by atoms with Gasteiger partial charge in [0.2, 0.25) is 0 Å². The first-order valence-corrected chi connectivity index (χ1v) is 7.01. The molecule has 0 spiro atoms. The third kappa shape index (κ3) is 4.17. The Labute approximate surface area is 125 Å². The first-order chi connectivity index (χ1) is 9.87. The van der Waals surface area contributed by atoms with E-state index in [4.69, 9.17) is 10.5 Å². The molecule has 0 amide bonds. The Morgan fingerprint density at radius 3 is 2.00 bits per heavy atom. The molecule has 0 aliphatic heterocycles. The number of carbonyl (C=O) groups is 1. The highest BCUT2D eigenvalue weighted by atomic mass is 16.6. The van der Waals surface area contributed by atoms with Gasteiger partial charge in [-0.2, -0.15) is 0 Å². The second-order valence-corrected chi connectivity index (χ2v) is 6.00. The van der Waals surface area contributed by atoms with Crippen molar-refractivity contribution in [1.82, 2.24) is 0 Å². The summed E-state index contributed by atoms with van der Waals surface area (Å²) in [5.41, 5.74) is 8.41. The van der Waals surface area contributed by atoms with Crippen LogP contribution in [0.25, 0.3) is 11.1 Å². The molecule has 21 heavy (non-hydrogen) atoms. The number of rotatable bonds is 3. The summed E-state index contributed by atoms with van der Waals surface area (Å²) in [5.74, 6) is -0.407. The highest BCUT2D eigenvalue weighted by molar-refractivity contribution is 5.78. The van der Waals surface area contributed by atoms with Crippen molar-refractivity contribution >= 4 is 5.97 Å². The van der Waals surface area contributed by atoms with Crippen LogP contribution in [-0.2, 0) is 9.53 Å². The van der Waals surface area contributed by atoms with Gasteiger partial charge < -0.3 is 10.5 Å². The first-order valence-electron chi connectivity index (χ1n) is 7.01. The maximum absolute atomic E-state index is 12.0. The van der Waals surface area contributed by atoms with E-state index in [1.54, 1.807) is 0 Å². The molecular weight excluding hydrogens is 262 g/mol. The van der Waals surface area contributed by atoms with Crippen molar-refractivity contribution in [2.24, 2.45) is 5.73 Å². The van der Waals surface area contributed by atoms with Gasteiger partial charge in [0.15, 0.2) is 0 Å². The highest BCUT2D eigenvalue weighted by Gasteiger charge is 2.23. The topological polar surface area (TPSA) is 52.3 Å². The standard InChI is InChI=1S/C18H21NO2/c1-18(2,3)21-17(20)16(19)15-11-9-14(10-12-15)13-7-5-4-6-8-13/h4-12,16H,19H2,1-3H3. The van der Waals surface area contributed by atoms with Crippen molar-refractivity contribution in [2.45, 2.75) is 32.4 Å². The molecule has 0 saturated heterocycles. The smallest absolute Gasteiger partial charge is 0.328 e. The van der Waals surface area contributed by atoms with Gasteiger partial charge in [-0.3, -0.25) is 0 Å². The van der Waals surface area contributed by atoms with Crippen molar-refractivity contribution in [3.05, 3.63) is 60.2 Å². The van der Waals surface area contributed by atoms with Gasteiger partial charge in [0, 0.05) is 0 Å². The van der Waals surface area contributed by atoms with Crippen molar-refractivity contribution in [2.75, 3.05) is 0 Å². The lowest BCUT2D eigenvalue weighted by atomic mass is 10.0. The maximum Gasteiger partial charge on any atom is 0.328 e. The Hall–Kier alpha value is -2.13. The summed E-state index contributed by atoms with van der Waals surface area (Å²) >= 11 is 0. The molecule has 1 unspecified atom stereocenters. The van der Waals surface area contributed by atoms with Gasteiger partial charge in [0.05, 0.1) is 0 Å². The van der Waals surface area contributed by atoms with Gasteiger partial charge in [0.1, 0.15) is 11.6 Å². The Balaban J connectivity index is 2.14. The van der Waals surface area contributed by atoms with Gasteiger partial charge in [-0.15, -0.1) is 0 Å². The Morgan fingerprint density at radius 2 is 1.48 bits per heavy atom. The van der Waals surface area contributed by atoms with Gasteiger partial charge in [-0.05, 0) is 37.5 Å². The minimum Gasteiger partial charge on any atom is -0.459 e. The fourth-order valence-corrected chi connectivity index (χ4v) is 2.01. The van der Waals surface area contributed by atoms with E-state index in [1.165, 1.54) is 0 Å². The van der Waals surface area contributed by atoms with E-state index in [9.17, 15) is 4.79 Å². The third-order valence-corrected chi connectivity index (χ3v) is 3.04. The zero-order valence-corrected chi connectivity index (χ0v) is 12.7. The molecule has 0 fully saturated rings. The molecule has 3 heteroatoms. The molecule has 2 aromatic rings. The van der Waals surface area contributed by atoms with Crippen LogP contribution in [0, 0.1) is 0 Å². The lowest BCUT2D eigenvalue weighted by Crippen LogP contribution is -2.31. The molecule has 0 heterocycles. The van der Waals surface area contributed by atoms with E-state index in [0.29, 0.717) is 0 Å². The van der Waals surface area contributed by atoms with Crippen LogP contribution < -0.4 is 5.73 Å². The molecule has 0 aliphatic carbocycles. The summed E-state index contributed by atoms with van der Waals surface area (Å²) < 4.78 is 5.30. The van der Waals surface area contributed by atoms with Crippen LogP contribution in [0.15, 0.2) is 54.6 Å². The number of ether oxygens (including phenoxy) is 1. The third-order valence-electron chi connectivity index (χ3n) is 3.04. The predicted octanol–water partition coefficient (Wildman–Crippen LogP) is 3.70. The minimum atomic E-state index is -0.756. The number of nitrogens with two attached hydrogens (primary N) is 1. The molecule has 110 valence electrons. The van der Waals surface area contributed by atoms with E-state index >= 15 is 0 Å². The average molecular weight is 283 g/mol. The molecule has 3 nitrogen and oxygen atoms in total.